The third kappa shape index (κ3) is 5.11. The van der Waals surface area contributed by atoms with Crippen LogP contribution in [0, 0.1) is 5.82 Å². The molecule has 5 N–H and O–H groups in total. The maximum atomic E-state index is 13.0. The molecule has 0 bridgehead atoms. The van der Waals surface area contributed by atoms with Gasteiger partial charge in [0, 0.05) is 30.3 Å². The molecule has 0 saturated carbocycles. The summed E-state index contributed by atoms with van der Waals surface area (Å²) in [6.07, 6.45) is 0. The third-order valence-electron chi connectivity index (χ3n) is 4.16. The summed E-state index contributed by atoms with van der Waals surface area (Å²) >= 11 is 0. The van der Waals surface area contributed by atoms with Crippen LogP contribution in [0.15, 0.2) is 54.6 Å². The standard InChI is InChI=1S/C22H17FN2O7/c1-11(26)24-20-17(28)9-15(27)10-19(20)32-18-7-6-14(8-16(18)22(30)31)25-21(29)12-2-4-13(23)5-3-12/h2-10,27-28H,1H3,(H,24,26)(H,25,29)(H,30,31). The third-order valence-corrected chi connectivity index (χ3v) is 4.16. The molecule has 3 rings (SSSR count). The molecule has 0 aromatic heterocycles. The molecular weight excluding hydrogens is 423 g/mol. The summed E-state index contributed by atoms with van der Waals surface area (Å²) < 4.78 is 18.6. The van der Waals surface area contributed by atoms with Gasteiger partial charge in [0.2, 0.25) is 5.91 Å². The van der Waals surface area contributed by atoms with Crippen molar-refractivity contribution < 1.29 is 38.8 Å². The van der Waals surface area contributed by atoms with Gasteiger partial charge in [-0.2, -0.15) is 0 Å². The van der Waals surface area contributed by atoms with Crippen LogP contribution < -0.4 is 15.4 Å². The van der Waals surface area contributed by atoms with Crippen LogP contribution in [0.25, 0.3) is 0 Å². The predicted molar refractivity (Wildman–Crippen MR) is 112 cm³/mol. The highest BCUT2D eigenvalue weighted by Gasteiger charge is 2.19. The van der Waals surface area contributed by atoms with Crippen molar-refractivity contribution in [3.63, 3.8) is 0 Å². The van der Waals surface area contributed by atoms with Crippen molar-refractivity contribution in [3.05, 3.63) is 71.5 Å². The van der Waals surface area contributed by atoms with E-state index in [2.05, 4.69) is 10.6 Å². The molecule has 0 aliphatic rings. The van der Waals surface area contributed by atoms with Crippen molar-refractivity contribution in [2.45, 2.75) is 6.92 Å². The number of rotatable bonds is 6. The van der Waals surface area contributed by atoms with Crippen LogP contribution in [-0.4, -0.2) is 33.1 Å². The molecule has 0 radical (unpaired) electrons. The van der Waals surface area contributed by atoms with Gasteiger partial charge in [-0.25, -0.2) is 9.18 Å². The van der Waals surface area contributed by atoms with E-state index in [0.29, 0.717) is 0 Å². The lowest BCUT2D eigenvalue weighted by Crippen LogP contribution is -2.13. The van der Waals surface area contributed by atoms with Gasteiger partial charge in [0.1, 0.15) is 34.3 Å². The van der Waals surface area contributed by atoms with Gasteiger partial charge in [0.25, 0.3) is 5.91 Å². The topological polar surface area (TPSA) is 145 Å². The fourth-order valence-electron chi connectivity index (χ4n) is 2.76. The number of aromatic hydroxyl groups is 2. The number of aromatic carboxylic acids is 1. The Kier molecular flexibility index (Phi) is 6.24. The fraction of sp³-hybridized carbons (Fsp3) is 0.0455. The second kappa shape index (κ2) is 9.04. The maximum Gasteiger partial charge on any atom is 0.339 e. The first-order valence-electron chi connectivity index (χ1n) is 9.09. The lowest BCUT2D eigenvalue weighted by Gasteiger charge is -2.15. The molecule has 32 heavy (non-hydrogen) atoms. The minimum atomic E-state index is -1.39. The molecule has 0 heterocycles. The number of hydrogen-bond acceptors (Lipinski definition) is 6. The Morgan fingerprint density at radius 3 is 2.22 bits per heavy atom. The first kappa shape index (κ1) is 22.1. The number of phenolic OH excluding ortho intramolecular Hbond substituents is 2. The van der Waals surface area contributed by atoms with Crippen molar-refractivity contribution in [1.29, 1.82) is 0 Å². The summed E-state index contributed by atoms with van der Waals surface area (Å²) in [4.78, 5) is 35.5. The zero-order chi connectivity index (χ0) is 23.4. The Morgan fingerprint density at radius 1 is 0.906 bits per heavy atom. The number of ether oxygens (including phenoxy) is 1. The van der Waals surface area contributed by atoms with Crippen LogP contribution >= 0.6 is 0 Å². The minimum Gasteiger partial charge on any atom is -0.508 e. The van der Waals surface area contributed by atoms with Crippen LogP contribution in [0.5, 0.6) is 23.0 Å². The van der Waals surface area contributed by atoms with Crippen LogP contribution in [-0.2, 0) is 4.79 Å². The molecule has 2 amide bonds. The molecule has 3 aromatic carbocycles. The van der Waals surface area contributed by atoms with E-state index in [1.807, 2.05) is 0 Å². The molecule has 10 heteroatoms. The van der Waals surface area contributed by atoms with Crippen molar-refractivity contribution in [2.24, 2.45) is 0 Å². The molecule has 0 spiro atoms. The molecule has 3 aromatic rings. The summed E-state index contributed by atoms with van der Waals surface area (Å²) in [7, 11) is 0. The van der Waals surface area contributed by atoms with Gasteiger partial charge in [0.15, 0.2) is 5.75 Å². The molecule has 0 fully saturated rings. The number of halogens is 1. The van der Waals surface area contributed by atoms with Gasteiger partial charge >= 0.3 is 5.97 Å². The van der Waals surface area contributed by atoms with Gasteiger partial charge in [-0.3, -0.25) is 9.59 Å². The van der Waals surface area contributed by atoms with Crippen molar-refractivity contribution >= 4 is 29.2 Å². The lowest BCUT2D eigenvalue weighted by molar-refractivity contribution is -0.114. The summed E-state index contributed by atoms with van der Waals surface area (Å²) in [5.41, 5.74) is -0.220. The maximum absolute atomic E-state index is 13.0. The zero-order valence-corrected chi connectivity index (χ0v) is 16.5. The summed E-state index contributed by atoms with van der Waals surface area (Å²) in [6, 6.07) is 10.6. The van der Waals surface area contributed by atoms with E-state index in [1.54, 1.807) is 0 Å². The molecule has 0 atom stereocenters. The molecule has 0 aliphatic heterocycles. The number of carboxylic acid groups (broad SMARTS) is 1. The second-order valence-corrected chi connectivity index (χ2v) is 6.60. The first-order chi connectivity index (χ1) is 15.1. The molecule has 164 valence electrons. The van der Waals surface area contributed by atoms with E-state index in [4.69, 9.17) is 4.74 Å². The van der Waals surface area contributed by atoms with Crippen LogP contribution in [0.1, 0.15) is 27.6 Å². The highest BCUT2D eigenvalue weighted by molar-refractivity contribution is 6.05. The molecule has 0 aliphatic carbocycles. The Balaban J connectivity index is 1.92. The van der Waals surface area contributed by atoms with Gasteiger partial charge in [-0.1, -0.05) is 0 Å². The average molecular weight is 440 g/mol. The van der Waals surface area contributed by atoms with Gasteiger partial charge < -0.3 is 30.7 Å². The molecular formula is C22H17FN2O7. The Bertz CT molecular complexity index is 1210. The number of carbonyl (C=O) groups excluding carboxylic acids is 2. The first-order valence-corrected chi connectivity index (χ1v) is 9.09. The van der Waals surface area contributed by atoms with Crippen molar-refractivity contribution in [2.75, 3.05) is 10.6 Å². The van der Waals surface area contributed by atoms with Crippen molar-refractivity contribution in [1.82, 2.24) is 0 Å². The number of benzene rings is 3. The average Bonchev–Trinajstić information content (AvgIpc) is 2.71. The smallest absolute Gasteiger partial charge is 0.339 e. The lowest BCUT2D eigenvalue weighted by atomic mass is 10.1. The van der Waals surface area contributed by atoms with Gasteiger partial charge in [0.05, 0.1) is 0 Å². The van der Waals surface area contributed by atoms with E-state index in [9.17, 15) is 34.1 Å². The number of anilines is 2. The highest BCUT2D eigenvalue weighted by atomic mass is 19.1. The number of hydrogen-bond donors (Lipinski definition) is 5. The number of carbonyl (C=O) groups is 3. The van der Waals surface area contributed by atoms with Gasteiger partial charge in [-0.05, 0) is 42.5 Å². The van der Waals surface area contributed by atoms with E-state index in [1.165, 1.54) is 31.2 Å². The Morgan fingerprint density at radius 2 is 1.59 bits per heavy atom. The monoisotopic (exact) mass is 440 g/mol. The van der Waals surface area contributed by atoms with Crippen molar-refractivity contribution in [3.8, 4) is 23.0 Å². The largest absolute Gasteiger partial charge is 0.508 e. The Hall–Kier alpha value is -4.60. The van der Waals surface area contributed by atoms with Crippen LogP contribution in [0.3, 0.4) is 0 Å². The summed E-state index contributed by atoms with van der Waals surface area (Å²) in [6.45, 7) is 1.19. The zero-order valence-electron chi connectivity index (χ0n) is 16.5. The van der Waals surface area contributed by atoms with E-state index in [-0.39, 0.29) is 39.8 Å². The number of phenols is 2. The molecule has 0 saturated heterocycles. The number of amides is 2. The second-order valence-electron chi connectivity index (χ2n) is 6.60. The van der Waals surface area contributed by atoms with Crippen LogP contribution in [0.4, 0.5) is 15.8 Å². The van der Waals surface area contributed by atoms with E-state index >= 15 is 0 Å². The SMILES string of the molecule is CC(=O)Nc1c(O)cc(O)cc1Oc1ccc(NC(=O)c2ccc(F)cc2)cc1C(=O)O. The highest BCUT2D eigenvalue weighted by Crippen LogP contribution is 2.41. The predicted octanol–water partition coefficient (Wildman–Crippen LogP) is 3.94. The number of carboxylic acids is 1. The molecule has 9 nitrogen and oxygen atoms in total. The normalized spacial score (nSPS) is 10.3. The fourth-order valence-corrected chi connectivity index (χ4v) is 2.76. The van der Waals surface area contributed by atoms with E-state index in [0.717, 1.165) is 30.3 Å². The van der Waals surface area contributed by atoms with Crippen LogP contribution in [0.2, 0.25) is 0 Å². The van der Waals surface area contributed by atoms with Gasteiger partial charge in [-0.15, -0.1) is 0 Å². The summed E-state index contributed by atoms with van der Waals surface area (Å²) in [5.74, 6) is -4.27. The molecule has 0 unspecified atom stereocenters. The minimum absolute atomic E-state index is 0.130. The quantitative estimate of drug-likeness (QED) is 0.288. The van der Waals surface area contributed by atoms with E-state index < -0.39 is 29.4 Å². The Labute approximate surface area is 180 Å². The summed E-state index contributed by atoms with van der Waals surface area (Å²) in [5, 5.41) is 34.2. The number of nitrogens with one attached hydrogen (secondary N) is 2.